The third kappa shape index (κ3) is 3.28. The Morgan fingerprint density at radius 2 is 1.79 bits per heavy atom. The van der Waals surface area contributed by atoms with Crippen molar-refractivity contribution in [2.75, 3.05) is 6.61 Å². The van der Waals surface area contributed by atoms with E-state index < -0.39 is 11.7 Å². The summed E-state index contributed by atoms with van der Waals surface area (Å²) in [5.41, 5.74) is -0.386. The van der Waals surface area contributed by atoms with Crippen molar-refractivity contribution in [1.82, 2.24) is 0 Å². The Labute approximate surface area is 117 Å². The molecule has 0 amide bonds. The van der Waals surface area contributed by atoms with Gasteiger partial charge in [-0.05, 0) is 47.4 Å². The Morgan fingerprint density at radius 3 is 2.42 bits per heavy atom. The Bertz CT molecular complexity index is 593. The predicted octanol–water partition coefficient (Wildman–Crippen LogP) is 4.55. The SMILES string of the molecule is OCCCc1cc2cc(Br)ccc2cc1C(F)(F)F. The Morgan fingerprint density at radius 1 is 1.05 bits per heavy atom. The molecule has 102 valence electrons. The number of aliphatic hydroxyl groups excluding tert-OH is 1. The van der Waals surface area contributed by atoms with Gasteiger partial charge in [0, 0.05) is 11.1 Å². The van der Waals surface area contributed by atoms with Crippen molar-refractivity contribution in [3.8, 4) is 0 Å². The first-order valence-corrected chi connectivity index (χ1v) is 6.61. The first-order valence-electron chi connectivity index (χ1n) is 5.82. The average molecular weight is 333 g/mol. The van der Waals surface area contributed by atoms with Gasteiger partial charge in [0.15, 0.2) is 0 Å². The molecule has 0 aromatic heterocycles. The van der Waals surface area contributed by atoms with Crippen LogP contribution in [0.3, 0.4) is 0 Å². The lowest BCUT2D eigenvalue weighted by Gasteiger charge is -2.14. The van der Waals surface area contributed by atoms with Crippen molar-refractivity contribution in [3.63, 3.8) is 0 Å². The normalized spacial score (nSPS) is 12.1. The summed E-state index contributed by atoms with van der Waals surface area (Å²) < 4.78 is 39.9. The van der Waals surface area contributed by atoms with E-state index in [4.69, 9.17) is 5.11 Å². The first kappa shape index (κ1) is 14.3. The maximum Gasteiger partial charge on any atom is 0.416 e. The van der Waals surface area contributed by atoms with E-state index in [0.29, 0.717) is 11.8 Å². The topological polar surface area (TPSA) is 20.2 Å². The van der Waals surface area contributed by atoms with Gasteiger partial charge in [-0.15, -0.1) is 0 Å². The van der Waals surface area contributed by atoms with Crippen molar-refractivity contribution in [2.45, 2.75) is 19.0 Å². The maximum absolute atomic E-state index is 13.0. The van der Waals surface area contributed by atoms with Crippen LogP contribution in [0.4, 0.5) is 13.2 Å². The van der Waals surface area contributed by atoms with Crippen molar-refractivity contribution in [1.29, 1.82) is 0 Å². The zero-order chi connectivity index (χ0) is 14.0. The van der Waals surface area contributed by atoms with Crippen LogP contribution in [0, 0.1) is 0 Å². The van der Waals surface area contributed by atoms with E-state index in [1.807, 2.05) is 0 Å². The monoisotopic (exact) mass is 332 g/mol. The molecule has 2 aromatic rings. The molecule has 2 aromatic carbocycles. The molecule has 0 bridgehead atoms. The first-order chi connectivity index (χ1) is 8.91. The minimum atomic E-state index is -4.37. The fraction of sp³-hybridized carbons (Fsp3) is 0.286. The third-order valence-electron chi connectivity index (χ3n) is 2.93. The minimum absolute atomic E-state index is 0.117. The predicted molar refractivity (Wildman–Crippen MR) is 72.1 cm³/mol. The molecule has 0 spiro atoms. The molecule has 0 saturated carbocycles. The number of hydrogen-bond donors (Lipinski definition) is 1. The van der Waals surface area contributed by atoms with E-state index in [-0.39, 0.29) is 18.6 Å². The van der Waals surface area contributed by atoms with E-state index in [2.05, 4.69) is 15.9 Å². The molecular formula is C14H12BrF3O. The summed E-state index contributed by atoms with van der Waals surface area (Å²) in [7, 11) is 0. The van der Waals surface area contributed by atoms with Crippen LogP contribution in [0.2, 0.25) is 0 Å². The van der Waals surface area contributed by atoms with Gasteiger partial charge in [-0.2, -0.15) is 13.2 Å². The summed E-state index contributed by atoms with van der Waals surface area (Å²) in [4.78, 5) is 0. The van der Waals surface area contributed by atoms with Crippen LogP contribution in [0.25, 0.3) is 10.8 Å². The van der Waals surface area contributed by atoms with Gasteiger partial charge in [-0.3, -0.25) is 0 Å². The molecule has 5 heteroatoms. The van der Waals surface area contributed by atoms with Crippen molar-refractivity contribution in [2.24, 2.45) is 0 Å². The van der Waals surface area contributed by atoms with Crippen LogP contribution < -0.4 is 0 Å². The van der Waals surface area contributed by atoms with Crippen molar-refractivity contribution in [3.05, 3.63) is 45.9 Å². The van der Waals surface area contributed by atoms with Crippen LogP contribution >= 0.6 is 15.9 Å². The van der Waals surface area contributed by atoms with E-state index >= 15 is 0 Å². The highest BCUT2D eigenvalue weighted by atomic mass is 79.9. The van der Waals surface area contributed by atoms with Crippen LogP contribution in [0.1, 0.15) is 17.5 Å². The zero-order valence-corrected chi connectivity index (χ0v) is 11.6. The number of benzene rings is 2. The molecule has 0 aliphatic rings. The van der Waals surface area contributed by atoms with Gasteiger partial charge in [-0.1, -0.05) is 28.1 Å². The lowest BCUT2D eigenvalue weighted by atomic mass is 9.97. The molecule has 0 fully saturated rings. The summed E-state index contributed by atoms with van der Waals surface area (Å²) in [6.45, 7) is -0.117. The molecule has 0 saturated heterocycles. The summed E-state index contributed by atoms with van der Waals surface area (Å²) >= 11 is 3.31. The molecule has 0 radical (unpaired) electrons. The molecule has 19 heavy (non-hydrogen) atoms. The quantitative estimate of drug-likeness (QED) is 0.874. The van der Waals surface area contributed by atoms with E-state index in [1.54, 1.807) is 24.3 Å². The molecule has 1 N–H and O–H groups in total. The third-order valence-corrected chi connectivity index (χ3v) is 3.43. The second-order valence-corrected chi connectivity index (χ2v) is 5.24. The standard InChI is InChI=1S/C14H12BrF3O/c15-12-4-3-9-8-13(14(16,17)18)10(2-1-5-19)6-11(9)7-12/h3-4,6-8,19H,1-2,5H2. The van der Waals surface area contributed by atoms with Gasteiger partial charge >= 0.3 is 6.18 Å². The molecular weight excluding hydrogens is 321 g/mol. The smallest absolute Gasteiger partial charge is 0.396 e. The van der Waals surface area contributed by atoms with E-state index in [0.717, 1.165) is 9.86 Å². The molecule has 0 atom stereocenters. The number of halogens is 4. The van der Waals surface area contributed by atoms with Crippen LogP contribution in [-0.4, -0.2) is 11.7 Å². The second kappa shape index (κ2) is 5.51. The highest BCUT2D eigenvalue weighted by molar-refractivity contribution is 9.10. The van der Waals surface area contributed by atoms with Crippen LogP contribution in [0.15, 0.2) is 34.8 Å². The highest BCUT2D eigenvalue weighted by Gasteiger charge is 2.33. The molecule has 0 unspecified atom stereocenters. The van der Waals surface area contributed by atoms with E-state index in [9.17, 15) is 13.2 Å². The number of aliphatic hydroxyl groups is 1. The maximum atomic E-state index is 13.0. The van der Waals surface area contributed by atoms with Gasteiger partial charge in [0.05, 0.1) is 5.56 Å². The van der Waals surface area contributed by atoms with Crippen LogP contribution in [0.5, 0.6) is 0 Å². The number of hydrogen-bond acceptors (Lipinski definition) is 1. The fourth-order valence-electron chi connectivity index (χ4n) is 2.06. The number of alkyl halides is 3. The van der Waals surface area contributed by atoms with Crippen LogP contribution in [-0.2, 0) is 12.6 Å². The number of rotatable bonds is 3. The number of fused-ring (bicyclic) bond motifs is 1. The summed E-state index contributed by atoms with van der Waals surface area (Å²) in [5.74, 6) is 0. The Kier molecular flexibility index (Phi) is 4.16. The average Bonchev–Trinajstić information content (AvgIpc) is 2.33. The van der Waals surface area contributed by atoms with Crippen molar-refractivity contribution < 1.29 is 18.3 Å². The second-order valence-electron chi connectivity index (χ2n) is 4.33. The van der Waals surface area contributed by atoms with Gasteiger partial charge in [0.1, 0.15) is 0 Å². The van der Waals surface area contributed by atoms with Gasteiger partial charge < -0.3 is 5.11 Å². The molecule has 1 nitrogen and oxygen atoms in total. The molecule has 0 aliphatic carbocycles. The summed E-state index contributed by atoms with van der Waals surface area (Å²) in [6.07, 6.45) is -3.83. The Balaban J connectivity index is 2.60. The molecule has 0 aliphatic heterocycles. The zero-order valence-electron chi connectivity index (χ0n) is 9.97. The minimum Gasteiger partial charge on any atom is -0.396 e. The van der Waals surface area contributed by atoms with E-state index in [1.165, 1.54) is 6.07 Å². The Hall–Kier alpha value is -1.07. The lowest BCUT2D eigenvalue weighted by molar-refractivity contribution is -0.138. The van der Waals surface area contributed by atoms with Gasteiger partial charge in [0.2, 0.25) is 0 Å². The summed E-state index contributed by atoms with van der Waals surface area (Å²) in [6, 6.07) is 7.89. The molecule has 0 heterocycles. The van der Waals surface area contributed by atoms with Crippen molar-refractivity contribution >= 4 is 26.7 Å². The highest BCUT2D eigenvalue weighted by Crippen LogP contribution is 2.35. The molecule has 2 rings (SSSR count). The number of aryl methyl sites for hydroxylation is 1. The largest absolute Gasteiger partial charge is 0.416 e. The van der Waals surface area contributed by atoms with Gasteiger partial charge in [0.25, 0.3) is 0 Å². The fourth-order valence-corrected chi connectivity index (χ4v) is 2.43. The summed E-state index contributed by atoms with van der Waals surface area (Å²) in [5, 5.41) is 10.1. The van der Waals surface area contributed by atoms with Gasteiger partial charge in [-0.25, -0.2) is 0 Å². The lowest BCUT2D eigenvalue weighted by Crippen LogP contribution is -2.09.